The van der Waals surface area contributed by atoms with Gasteiger partial charge < -0.3 is 17.0 Å². The molecule has 0 saturated carbocycles. The van der Waals surface area contributed by atoms with E-state index in [4.69, 9.17) is 0 Å². The average molecular weight is 826 g/mol. The summed E-state index contributed by atoms with van der Waals surface area (Å²) in [6.45, 7) is 33.6. The number of hydrogen-bond acceptors (Lipinski definition) is 1. The van der Waals surface area contributed by atoms with Crippen LogP contribution in [0, 0.1) is 0 Å². The fourth-order valence-electron chi connectivity index (χ4n) is 5.97. The van der Waals surface area contributed by atoms with E-state index in [1.54, 1.807) is 0 Å². The third-order valence-electron chi connectivity index (χ3n) is 9.74. The summed E-state index contributed by atoms with van der Waals surface area (Å²) in [6.07, 6.45) is 0. The molecule has 54 heavy (non-hydrogen) atoms. The van der Waals surface area contributed by atoms with Crippen molar-refractivity contribution in [1.29, 1.82) is 0 Å². The second kappa shape index (κ2) is 17.5. The van der Waals surface area contributed by atoms with Gasteiger partial charge in [0.1, 0.15) is 0 Å². The lowest BCUT2D eigenvalue weighted by atomic mass is 9.87. The van der Waals surface area contributed by atoms with Crippen LogP contribution in [0.15, 0.2) is 146 Å². The van der Waals surface area contributed by atoms with Crippen molar-refractivity contribution >= 4 is 21.7 Å². The minimum atomic E-state index is -1.12. The molecule has 0 spiro atoms. The highest BCUT2D eigenvalue weighted by molar-refractivity contribution is 7.97. The molecule has 5 rings (SSSR count). The quantitative estimate of drug-likeness (QED) is 0.161. The van der Waals surface area contributed by atoms with E-state index < -0.39 is 10.8 Å². The lowest BCUT2D eigenvalue weighted by Crippen LogP contribution is -3.00. The van der Waals surface area contributed by atoms with E-state index in [1.165, 1.54) is 42.5 Å². The highest BCUT2D eigenvalue weighted by Gasteiger charge is 2.30. The number of hydrogen-bond donors (Lipinski definition) is 0. The van der Waals surface area contributed by atoms with Gasteiger partial charge in [-0.25, -0.2) is 4.21 Å². The van der Waals surface area contributed by atoms with Gasteiger partial charge in [-0.05, 0) is 116 Å². The Bertz CT molecular complexity index is 1740. The molecule has 5 aromatic rings. The second-order valence-corrected chi connectivity index (χ2v) is 23.0. The van der Waals surface area contributed by atoms with E-state index in [2.05, 4.69) is 201 Å². The predicted molar refractivity (Wildman–Crippen MR) is 233 cm³/mol. The van der Waals surface area contributed by atoms with Gasteiger partial charge in [0, 0.05) is 9.79 Å². The van der Waals surface area contributed by atoms with Crippen LogP contribution in [-0.2, 0) is 48.8 Å². The molecule has 0 bridgehead atoms. The Kier molecular flexibility index (Phi) is 14.7. The Morgan fingerprint density at radius 2 is 0.481 bits per heavy atom. The first-order valence-corrected chi connectivity index (χ1v) is 21.4. The van der Waals surface area contributed by atoms with Crippen molar-refractivity contribution in [3.63, 3.8) is 0 Å². The zero-order valence-corrected chi connectivity index (χ0v) is 38.9. The first-order valence-electron chi connectivity index (χ1n) is 19.0. The lowest BCUT2D eigenvalue weighted by Gasteiger charge is -2.21. The van der Waals surface area contributed by atoms with E-state index in [0.717, 1.165) is 9.79 Å². The van der Waals surface area contributed by atoms with Crippen LogP contribution in [0.5, 0.6) is 0 Å². The lowest BCUT2D eigenvalue weighted by molar-refractivity contribution is -0.0000140. The largest absolute Gasteiger partial charge is 1.00 e. The van der Waals surface area contributed by atoms with Crippen LogP contribution in [0.1, 0.15) is 132 Å². The summed E-state index contributed by atoms with van der Waals surface area (Å²) < 4.78 is 12.7. The van der Waals surface area contributed by atoms with Crippen LogP contribution in [0.2, 0.25) is 0 Å². The summed E-state index contributed by atoms with van der Waals surface area (Å²) in [6, 6.07) is 44.1. The summed E-state index contributed by atoms with van der Waals surface area (Å²) in [7, 11) is -1.24. The summed E-state index contributed by atoms with van der Waals surface area (Å²) in [5.74, 6) is 0. The van der Waals surface area contributed by atoms with Gasteiger partial charge in [-0.15, -0.1) is 0 Å². The topological polar surface area (TPSA) is 17.1 Å². The van der Waals surface area contributed by atoms with Crippen LogP contribution in [-0.4, -0.2) is 4.21 Å². The molecule has 0 N–H and O–H groups in total. The molecule has 0 radical (unpaired) electrons. The molecular formula is C50H65BrOS2. The molecule has 0 heterocycles. The molecule has 1 nitrogen and oxygen atoms in total. The molecule has 4 heteroatoms. The Morgan fingerprint density at radius 3 is 0.648 bits per heavy atom. The number of halogens is 1. The van der Waals surface area contributed by atoms with E-state index in [9.17, 15) is 4.21 Å². The van der Waals surface area contributed by atoms with Crippen molar-refractivity contribution in [3.8, 4) is 0 Å². The normalized spacial score (nSPS) is 12.6. The van der Waals surface area contributed by atoms with Gasteiger partial charge in [0.15, 0.2) is 14.7 Å². The Balaban J connectivity index is 0.000000301. The fraction of sp³-hybridized carbons (Fsp3) is 0.400. The molecule has 290 valence electrons. The second-order valence-electron chi connectivity index (χ2n) is 19.4. The molecule has 0 saturated heterocycles. The Labute approximate surface area is 345 Å². The minimum Gasteiger partial charge on any atom is -1.00 e. The number of benzene rings is 5. The average Bonchev–Trinajstić information content (AvgIpc) is 3.07. The van der Waals surface area contributed by atoms with Gasteiger partial charge in [-0.2, -0.15) is 0 Å². The van der Waals surface area contributed by atoms with Gasteiger partial charge in [-0.1, -0.05) is 165 Å². The van der Waals surface area contributed by atoms with Crippen LogP contribution in [0.3, 0.4) is 0 Å². The van der Waals surface area contributed by atoms with Gasteiger partial charge >= 0.3 is 0 Å². The van der Waals surface area contributed by atoms with Crippen molar-refractivity contribution in [2.24, 2.45) is 0 Å². The Morgan fingerprint density at radius 1 is 0.315 bits per heavy atom. The van der Waals surface area contributed by atoms with Crippen molar-refractivity contribution in [1.82, 2.24) is 0 Å². The zero-order valence-electron chi connectivity index (χ0n) is 35.6. The number of rotatable bonds is 5. The highest BCUT2D eigenvalue weighted by atomic mass is 79.9. The maximum absolute atomic E-state index is 12.7. The van der Waals surface area contributed by atoms with E-state index in [0.29, 0.717) is 0 Å². The third kappa shape index (κ3) is 12.0. The van der Waals surface area contributed by atoms with Crippen molar-refractivity contribution in [3.05, 3.63) is 149 Å². The molecule has 0 aliphatic rings. The van der Waals surface area contributed by atoms with Crippen molar-refractivity contribution in [2.45, 2.75) is 155 Å². The molecule has 0 atom stereocenters. The summed E-state index contributed by atoms with van der Waals surface area (Å²) >= 11 is 0. The van der Waals surface area contributed by atoms with Gasteiger partial charge in [0.2, 0.25) is 0 Å². The van der Waals surface area contributed by atoms with Crippen LogP contribution < -0.4 is 17.0 Å². The van der Waals surface area contributed by atoms with E-state index in [-0.39, 0.29) is 55.0 Å². The van der Waals surface area contributed by atoms with Gasteiger partial charge in [-0.3, -0.25) is 0 Å². The van der Waals surface area contributed by atoms with E-state index >= 15 is 0 Å². The first-order chi connectivity index (χ1) is 24.4. The van der Waals surface area contributed by atoms with Crippen molar-refractivity contribution in [2.75, 3.05) is 0 Å². The monoisotopic (exact) mass is 824 g/mol. The summed E-state index contributed by atoms with van der Waals surface area (Å²) in [5, 5.41) is 0. The SMILES string of the molecule is CC(C)(C)c1ccc(S(=O)c2ccc(C(C)(C)C)cc2)cc1.CC(C)(C)c1ccc([S+](c2ccc(C(C)(C)C)cc2)c2ccc(C(C)(C)C)cc2)cc1.[Br-]. The summed E-state index contributed by atoms with van der Waals surface area (Å²) in [4.78, 5) is 5.84. The third-order valence-corrected chi connectivity index (χ3v) is 13.4. The minimum absolute atomic E-state index is 0. The highest BCUT2D eigenvalue weighted by Crippen LogP contribution is 2.36. The predicted octanol–water partition coefficient (Wildman–Crippen LogP) is 11.1. The maximum Gasteiger partial charge on any atom is 0.166 e. The van der Waals surface area contributed by atoms with Crippen LogP contribution in [0.25, 0.3) is 0 Å². The smallest absolute Gasteiger partial charge is 0.166 e. The van der Waals surface area contributed by atoms with Gasteiger partial charge in [0.25, 0.3) is 0 Å². The van der Waals surface area contributed by atoms with Crippen molar-refractivity contribution < 1.29 is 21.2 Å². The molecule has 5 aromatic carbocycles. The molecule has 0 unspecified atom stereocenters. The fourth-order valence-corrected chi connectivity index (χ4v) is 9.05. The van der Waals surface area contributed by atoms with Crippen LogP contribution in [0.4, 0.5) is 0 Å². The Hall–Kier alpha value is -2.92. The molecule has 0 aromatic heterocycles. The maximum atomic E-state index is 12.7. The van der Waals surface area contributed by atoms with Gasteiger partial charge in [0.05, 0.1) is 21.7 Å². The molecule has 0 aliphatic carbocycles. The zero-order chi connectivity index (χ0) is 39.6. The molecule has 0 aliphatic heterocycles. The first kappa shape index (κ1) is 45.5. The van der Waals surface area contributed by atoms with E-state index in [1.807, 2.05) is 24.3 Å². The van der Waals surface area contributed by atoms with Crippen LogP contribution >= 0.6 is 0 Å². The summed E-state index contributed by atoms with van der Waals surface area (Å²) in [5.41, 5.74) is 7.40. The molecular weight excluding hydrogens is 761 g/mol. The standard InChI is InChI=1S/C30H39S.C20H26OS.BrH/c1-28(2,3)22-10-16-25(17-11-22)31(26-18-12-23(13-19-26)29(4,5)6)27-20-14-24(15-21-27)30(7,8)9;1-19(2,3)15-7-11-17(12-8-15)22(21)18-13-9-16(10-14-18)20(4,5)6;/h10-21H,1-9H3;7-14H,1-6H3;1H/q+1;;/p-1. The molecule has 0 fully saturated rings. The molecule has 0 amide bonds.